The van der Waals surface area contributed by atoms with Crippen LogP contribution in [-0.2, 0) is 27.2 Å². The molecule has 3 rings (SSSR count). The average molecular weight is 627 g/mol. The van der Waals surface area contributed by atoms with Crippen LogP contribution >= 0.6 is 0 Å². The maximum absolute atomic E-state index is 14.4. The van der Waals surface area contributed by atoms with E-state index in [0.29, 0.717) is 6.42 Å². The number of rotatable bonds is 15. The smallest absolute Gasteiger partial charge is 0.246 e. The second-order valence-electron chi connectivity index (χ2n) is 13.5. The van der Waals surface area contributed by atoms with E-state index in [4.69, 9.17) is 5.73 Å². The molecule has 0 saturated carbocycles. The fraction of sp³-hybridized carbons (Fsp3) is 0.395. The van der Waals surface area contributed by atoms with Crippen LogP contribution < -0.4 is 11.1 Å². The first-order chi connectivity index (χ1) is 21.7. The Morgan fingerprint density at radius 3 is 1.87 bits per heavy atom. The molecule has 0 bridgehead atoms. The predicted molar refractivity (Wildman–Crippen MR) is 185 cm³/mol. The first-order valence-electron chi connectivity index (χ1n) is 15.8. The van der Waals surface area contributed by atoms with Crippen LogP contribution in [0.25, 0.3) is 11.1 Å². The molecule has 3 aromatic rings. The normalized spacial score (nSPS) is 13.2. The van der Waals surface area contributed by atoms with E-state index in [1.165, 1.54) is 15.9 Å². The van der Waals surface area contributed by atoms with E-state index in [1.807, 2.05) is 113 Å². The number of carbonyl (C=O) groups excluding carboxylic acids is 3. The molecule has 8 nitrogen and oxygen atoms in total. The molecule has 0 aliphatic rings. The molecule has 0 aliphatic carbocycles. The Labute approximate surface area is 274 Å². The molecule has 0 aliphatic heterocycles. The van der Waals surface area contributed by atoms with E-state index >= 15 is 0 Å². The lowest BCUT2D eigenvalue weighted by Crippen LogP contribution is -2.56. The minimum atomic E-state index is -0.879. The summed E-state index contributed by atoms with van der Waals surface area (Å²) in [6, 6.07) is 25.8. The van der Waals surface area contributed by atoms with Gasteiger partial charge in [-0.15, -0.1) is 0 Å². The third-order valence-electron chi connectivity index (χ3n) is 8.05. The summed E-state index contributed by atoms with van der Waals surface area (Å²) in [4.78, 5) is 44.3. The molecule has 3 amide bonds. The van der Waals surface area contributed by atoms with Gasteiger partial charge in [-0.3, -0.25) is 14.4 Å². The van der Waals surface area contributed by atoms with E-state index in [2.05, 4.69) is 5.32 Å². The number of benzene rings is 3. The van der Waals surface area contributed by atoms with Crippen molar-refractivity contribution in [3.8, 4) is 11.1 Å². The Balaban J connectivity index is 1.93. The number of hydrogen-bond donors (Lipinski definition) is 3. The number of aliphatic hydroxyl groups excluding tert-OH is 1. The molecule has 0 fully saturated rings. The van der Waals surface area contributed by atoms with Crippen LogP contribution in [0.5, 0.6) is 0 Å². The molecule has 0 radical (unpaired) electrons. The van der Waals surface area contributed by atoms with Crippen molar-refractivity contribution in [3.05, 3.63) is 108 Å². The number of carbonyl (C=O) groups is 3. The van der Waals surface area contributed by atoms with E-state index in [0.717, 1.165) is 22.3 Å². The molecular weight excluding hydrogens is 576 g/mol. The molecule has 4 N–H and O–H groups in total. The molecule has 0 unspecified atom stereocenters. The van der Waals surface area contributed by atoms with Crippen LogP contribution in [0, 0.1) is 5.41 Å². The second kappa shape index (κ2) is 16.3. The fourth-order valence-electron chi connectivity index (χ4n) is 4.94. The molecule has 0 heterocycles. The van der Waals surface area contributed by atoms with Crippen molar-refractivity contribution in [1.29, 1.82) is 0 Å². The van der Waals surface area contributed by atoms with Gasteiger partial charge in [0.25, 0.3) is 0 Å². The van der Waals surface area contributed by atoms with Gasteiger partial charge in [0.2, 0.25) is 17.7 Å². The molecule has 8 heteroatoms. The number of hydrogen-bond acceptors (Lipinski definition) is 5. The molecule has 0 aromatic heterocycles. The van der Waals surface area contributed by atoms with Crippen LogP contribution in [0.3, 0.4) is 0 Å². The Bertz CT molecular complexity index is 1450. The summed E-state index contributed by atoms with van der Waals surface area (Å²) >= 11 is 0. The summed E-state index contributed by atoms with van der Waals surface area (Å²) in [6.45, 7) is 7.61. The maximum atomic E-state index is 14.4. The topological polar surface area (TPSA) is 116 Å². The molecule has 46 heavy (non-hydrogen) atoms. The zero-order valence-electron chi connectivity index (χ0n) is 28.1. The zero-order chi connectivity index (χ0) is 33.9. The second-order valence-corrected chi connectivity index (χ2v) is 13.5. The van der Waals surface area contributed by atoms with Crippen molar-refractivity contribution in [2.24, 2.45) is 11.1 Å². The van der Waals surface area contributed by atoms with Crippen LogP contribution in [-0.4, -0.2) is 77.5 Å². The van der Waals surface area contributed by atoms with Crippen molar-refractivity contribution in [1.82, 2.24) is 15.1 Å². The summed E-state index contributed by atoms with van der Waals surface area (Å²) in [7, 11) is 3.23. The minimum Gasteiger partial charge on any atom is -0.396 e. The van der Waals surface area contributed by atoms with Gasteiger partial charge in [-0.2, -0.15) is 0 Å². The first-order valence-corrected chi connectivity index (χ1v) is 15.8. The maximum Gasteiger partial charge on any atom is 0.246 e. The van der Waals surface area contributed by atoms with Gasteiger partial charge in [-0.05, 0) is 48.6 Å². The highest BCUT2D eigenvalue weighted by Crippen LogP contribution is 2.22. The van der Waals surface area contributed by atoms with E-state index < -0.39 is 23.0 Å². The van der Waals surface area contributed by atoms with Gasteiger partial charge >= 0.3 is 0 Å². The molecule has 0 saturated heterocycles. The summed E-state index contributed by atoms with van der Waals surface area (Å²) < 4.78 is 0. The number of aliphatic hydroxyl groups is 1. The van der Waals surface area contributed by atoms with Crippen molar-refractivity contribution in [3.63, 3.8) is 0 Å². The summed E-state index contributed by atoms with van der Waals surface area (Å²) in [5.74, 6) is -1.01. The average Bonchev–Trinajstić information content (AvgIpc) is 3.04. The molecular formula is C38H50N4O4. The van der Waals surface area contributed by atoms with Crippen molar-refractivity contribution >= 4 is 17.7 Å². The van der Waals surface area contributed by atoms with Gasteiger partial charge in [-0.1, -0.05) is 105 Å². The van der Waals surface area contributed by atoms with Crippen molar-refractivity contribution < 1.29 is 19.5 Å². The highest BCUT2D eigenvalue weighted by atomic mass is 16.3. The highest BCUT2D eigenvalue weighted by Gasteiger charge is 2.35. The van der Waals surface area contributed by atoms with Gasteiger partial charge in [-0.25, -0.2) is 0 Å². The van der Waals surface area contributed by atoms with E-state index in [-0.39, 0.29) is 43.7 Å². The van der Waals surface area contributed by atoms with Gasteiger partial charge in [0, 0.05) is 51.0 Å². The lowest BCUT2D eigenvalue weighted by molar-refractivity contribution is -0.146. The van der Waals surface area contributed by atoms with Gasteiger partial charge in [0.15, 0.2) is 0 Å². The van der Waals surface area contributed by atoms with Gasteiger partial charge in [0.1, 0.15) is 12.1 Å². The standard InChI is InChI=1S/C38H50N4O4/c1-37(2,27-43)26-40-35(45)32(24-28-14-9-7-10-15-28)42(6)36(46)33(41(5)34(44)18-13-23-38(3,4)39)25-29-19-21-31(22-20-29)30-16-11-8-12-17-30/h7-22,32-33,43H,23-27,39H2,1-6H3,(H,40,45)/b18-13+/t32-,33-/m1/s1. The summed E-state index contributed by atoms with van der Waals surface area (Å²) in [5, 5.41) is 12.7. The minimum absolute atomic E-state index is 0.0989. The Kier molecular flexibility index (Phi) is 12.9. The first kappa shape index (κ1) is 36.2. The summed E-state index contributed by atoms with van der Waals surface area (Å²) in [5.41, 5.74) is 9.00. The Morgan fingerprint density at radius 1 is 0.783 bits per heavy atom. The third-order valence-corrected chi connectivity index (χ3v) is 8.05. The van der Waals surface area contributed by atoms with E-state index in [1.54, 1.807) is 20.2 Å². The van der Waals surface area contributed by atoms with E-state index in [9.17, 15) is 19.5 Å². The number of nitrogens with two attached hydrogens (primary N) is 1. The summed E-state index contributed by atoms with van der Waals surface area (Å²) in [6.07, 6.45) is 4.23. The van der Waals surface area contributed by atoms with Gasteiger partial charge < -0.3 is 26.0 Å². The van der Waals surface area contributed by atoms with Crippen LogP contribution in [0.15, 0.2) is 97.1 Å². The SMILES string of the molecule is CN(C(=O)/C=C/CC(C)(C)N)[C@H](Cc1ccc(-c2ccccc2)cc1)C(=O)N(C)[C@H](Cc1ccccc1)C(=O)NCC(C)(C)CO. The number of nitrogens with zero attached hydrogens (tertiary/aromatic N) is 2. The molecule has 3 aromatic carbocycles. The van der Waals surface area contributed by atoms with Crippen molar-refractivity contribution in [2.75, 3.05) is 27.2 Å². The zero-order valence-corrected chi connectivity index (χ0v) is 28.1. The lowest BCUT2D eigenvalue weighted by Gasteiger charge is -2.35. The third kappa shape index (κ3) is 11.0. The number of nitrogens with one attached hydrogen (secondary N) is 1. The van der Waals surface area contributed by atoms with Gasteiger partial charge in [0.05, 0.1) is 0 Å². The number of likely N-dealkylation sites (N-methyl/N-ethyl adjacent to an activating group) is 2. The van der Waals surface area contributed by atoms with Crippen LogP contribution in [0.4, 0.5) is 0 Å². The molecule has 0 spiro atoms. The monoisotopic (exact) mass is 626 g/mol. The Morgan fingerprint density at radius 2 is 1.30 bits per heavy atom. The largest absolute Gasteiger partial charge is 0.396 e. The highest BCUT2D eigenvalue weighted by molar-refractivity contribution is 5.95. The number of amides is 3. The molecule has 246 valence electrons. The fourth-order valence-corrected chi connectivity index (χ4v) is 4.94. The van der Waals surface area contributed by atoms with Crippen LogP contribution in [0.2, 0.25) is 0 Å². The lowest BCUT2D eigenvalue weighted by atomic mass is 9.94. The quantitative estimate of drug-likeness (QED) is 0.213. The van der Waals surface area contributed by atoms with Crippen LogP contribution in [0.1, 0.15) is 45.2 Å². The van der Waals surface area contributed by atoms with Crippen molar-refractivity contribution in [2.45, 2.75) is 64.6 Å². The predicted octanol–water partition coefficient (Wildman–Crippen LogP) is 4.61. The Hall–Kier alpha value is -4.27. The molecule has 2 atom stereocenters.